The van der Waals surface area contributed by atoms with E-state index in [0.29, 0.717) is 17.2 Å². The standard InChI is InChI=1S/C16H11F2N3O2/c17-13-5-6-15(14(18)7-13)21-16(22)9-20-23-10-12-4-2-1-3-11(12)8-19/h1-7,9H,10H2,(H,21,22)/b20-9+. The molecule has 2 aromatic carbocycles. The highest BCUT2D eigenvalue weighted by molar-refractivity contribution is 6.31. The SMILES string of the molecule is N#Cc1ccccc1CO/N=C/C(=O)Nc1ccc(F)cc1F. The van der Waals surface area contributed by atoms with Crippen LogP contribution >= 0.6 is 0 Å². The topological polar surface area (TPSA) is 74.5 Å². The highest BCUT2D eigenvalue weighted by Gasteiger charge is 2.06. The summed E-state index contributed by atoms with van der Waals surface area (Å²) in [5.74, 6) is -2.37. The maximum atomic E-state index is 13.3. The number of hydrogen-bond acceptors (Lipinski definition) is 4. The highest BCUT2D eigenvalue weighted by atomic mass is 19.1. The quantitative estimate of drug-likeness (QED) is 0.681. The molecule has 0 aromatic heterocycles. The number of carbonyl (C=O) groups is 1. The van der Waals surface area contributed by atoms with Gasteiger partial charge in [0.15, 0.2) is 0 Å². The van der Waals surface area contributed by atoms with Crippen LogP contribution in [0.25, 0.3) is 0 Å². The Kier molecular flexibility index (Phi) is 5.36. The van der Waals surface area contributed by atoms with Gasteiger partial charge in [-0.05, 0) is 18.2 Å². The fraction of sp³-hybridized carbons (Fsp3) is 0.0625. The minimum absolute atomic E-state index is 0.0123. The van der Waals surface area contributed by atoms with Gasteiger partial charge in [0.25, 0.3) is 5.91 Å². The Morgan fingerprint density at radius 1 is 1.30 bits per heavy atom. The molecule has 7 heteroatoms. The normalized spacial score (nSPS) is 10.3. The van der Waals surface area contributed by atoms with Crippen LogP contribution in [0.1, 0.15) is 11.1 Å². The molecule has 0 aliphatic heterocycles. The van der Waals surface area contributed by atoms with Crippen LogP contribution in [-0.2, 0) is 16.2 Å². The Balaban J connectivity index is 1.88. The zero-order valence-electron chi connectivity index (χ0n) is 11.8. The van der Waals surface area contributed by atoms with Crippen LogP contribution in [0.15, 0.2) is 47.6 Å². The van der Waals surface area contributed by atoms with Crippen molar-refractivity contribution >= 4 is 17.8 Å². The summed E-state index contributed by atoms with van der Waals surface area (Å²) >= 11 is 0. The number of nitrogens with one attached hydrogen (secondary N) is 1. The lowest BCUT2D eigenvalue weighted by Gasteiger charge is -2.03. The first-order valence-electron chi connectivity index (χ1n) is 6.49. The van der Waals surface area contributed by atoms with E-state index in [2.05, 4.69) is 10.5 Å². The molecule has 0 aliphatic carbocycles. The molecule has 1 amide bonds. The predicted molar refractivity (Wildman–Crippen MR) is 79.4 cm³/mol. The third kappa shape index (κ3) is 4.61. The summed E-state index contributed by atoms with van der Waals surface area (Å²) in [6.45, 7) is 0.0123. The van der Waals surface area contributed by atoms with E-state index in [1.807, 2.05) is 6.07 Å². The second-order valence-corrected chi connectivity index (χ2v) is 4.39. The largest absolute Gasteiger partial charge is 0.391 e. The molecule has 0 atom stereocenters. The van der Waals surface area contributed by atoms with Gasteiger partial charge in [-0.3, -0.25) is 4.79 Å². The second-order valence-electron chi connectivity index (χ2n) is 4.39. The van der Waals surface area contributed by atoms with Crippen molar-refractivity contribution in [3.05, 3.63) is 65.2 Å². The van der Waals surface area contributed by atoms with E-state index in [0.717, 1.165) is 18.3 Å². The molecule has 0 radical (unpaired) electrons. The van der Waals surface area contributed by atoms with E-state index >= 15 is 0 Å². The summed E-state index contributed by atoms with van der Waals surface area (Å²) in [5, 5.41) is 14.5. The number of halogens is 2. The van der Waals surface area contributed by atoms with E-state index in [4.69, 9.17) is 10.1 Å². The number of benzene rings is 2. The van der Waals surface area contributed by atoms with Crippen molar-refractivity contribution in [2.45, 2.75) is 6.61 Å². The molecular formula is C16H11F2N3O2. The number of nitrogens with zero attached hydrogens (tertiary/aromatic N) is 2. The molecule has 23 heavy (non-hydrogen) atoms. The number of amides is 1. The van der Waals surface area contributed by atoms with Crippen molar-refractivity contribution in [2.24, 2.45) is 5.16 Å². The zero-order chi connectivity index (χ0) is 16.7. The van der Waals surface area contributed by atoms with Crippen molar-refractivity contribution in [3.63, 3.8) is 0 Å². The Labute approximate surface area is 130 Å². The van der Waals surface area contributed by atoms with Crippen LogP contribution in [0.2, 0.25) is 0 Å². The van der Waals surface area contributed by atoms with Crippen molar-refractivity contribution in [3.8, 4) is 6.07 Å². The van der Waals surface area contributed by atoms with Crippen molar-refractivity contribution in [1.82, 2.24) is 0 Å². The second kappa shape index (κ2) is 7.66. The van der Waals surface area contributed by atoms with Gasteiger partial charge in [-0.25, -0.2) is 8.78 Å². The van der Waals surface area contributed by atoms with Gasteiger partial charge in [0.2, 0.25) is 0 Å². The van der Waals surface area contributed by atoms with Gasteiger partial charge in [-0.2, -0.15) is 5.26 Å². The van der Waals surface area contributed by atoms with Crippen LogP contribution in [0.3, 0.4) is 0 Å². The highest BCUT2D eigenvalue weighted by Crippen LogP contribution is 2.14. The van der Waals surface area contributed by atoms with Crippen LogP contribution in [0, 0.1) is 23.0 Å². The first-order valence-corrected chi connectivity index (χ1v) is 6.49. The number of hydrogen-bond donors (Lipinski definition) is 1. The van der Waals surface area contributed by atoms with Gasteiger partial charge in [-0.15, -0.1) is 0 Å². The van der Waals surface area contributed by atoms with Gasteiger partial charge in [-0.1, -0.05) is 23.4 Å². The molecule has 5 nitrogen and oxygen atoms in total. The maximum Gasteiger partial charge on any atom is 0.270 e. The number of rotatable bonds is 5. The lowest BCUT2D eigenvalue weighted by atomic mass is 10.1. The van der Waals surface area contributed by atoms with E-state index in [-0.39, 0.29) is 12.3 Å². The summed E-state index contributed by atoms with van der Waals surface area (Å²) in [6.07, 6.45) is 0.817. The van der Waals surface area contributed by atoms with Gasteiger partial charge < -0.3 is 10.2 Å². The maximum absolute atomic E-state index is 13.3. The molecular weight excluding hydrogens is 304 g/mol. The Morgan fingerprint density at radius 2 is 2.09 bits per heavy atom. The van der Waals surface area contributed by atoms with E-state index in [1.165, 1.54) is 0 Å². The Hall–Kier alpha value is -3.27. The summed E-state index contributed by atoms with van der Waals surface area (Å²) in [7, 11) is 0. The molecule has 0 spiro atoms. The number of oxime groups is 1. The molecule has 0 aliphatic rings. The lowest BCUT2D eigenvalue weighted by Crippen LogP contribution is -2.14. The van der Waals surface area contributed by atoms with Crippen LogP contribution in [0.4, 0.5) is 14.5 Å². The molecule has 0 fully saturated rings. The Morgan fingerprint density at radius 3 is 2.83 bits per heavy atom. The summed E-state index contributed by atoms with van der Waals surface area (Å²) in [6, 6.07) is 11.6. The van der Waals surface area contributed by atoms with Crippen LogP contribution in [0.5, 0.6) is 0 Å². The van der Waals surface area contributed by atoms with E-state index < -0.39 is 17.5 Å². The molecule has 0 heterocycles. The molecule has 0 saturated carbocycles. The molecule has 0 saturated heterocycles. The first kappa shape index (κ1) is 16.1. The molecule has 1 N–H and O–H groups in total. The smallest absolute Gasteiger partial charge is 0.270 e. The van der Waals surface area contributed by atoms with Crippen molar-refractivity contribution in [1.29, 1.82) is 5.26 Å². The number of anilines is 1. The fourth-order valence-electron chi connectivity index (χ4n) is 1.70. The first-order chi connectivity index (χ1) is 11.1. The number of nitriles is 1. The van der Waals surface area contributed by atoms with Crippen LogP contribution in [-0.4, -0.2) is 12.1 Å². The van der Waals surface area contributed by atoms with Gasteiger partial charge in [0, 0.05) is 11.6 Å². The molecule has 116 valence electrons. The minimum Gasteiger partial charge on any atom is -0.391 e. The average Bonchev–Trinajstić information content (AvgIpc) is 2.54. The summed E-state index contributed by atoms with van der Waals surface area (Å²) < 4.78 is 26.1. The zero-order valence-corrected chi connectivity index (χ0v) is 11.8. The summed E-state index contributed by atoms with van der Waals surface area (Å²) in [5.41, 5.74) is 0.898. The minimum atomic E-state index is -0.893. The molecule has 2 rings (SSSR count). The Bertz CT molecular complexity index is 785. The number of carbonyl (C=O) groups excluding carboxylic acids is 1. The third-order valence-electron chi connectivity index (χ3n) is 2.79. The third-order valence-corrected chi connectivity index (χ3v) is 2.79. The lowest BCUT2D eigenvalue weighted by molar-refractivity contribution is -0.110. The van der Waals surface area contributed by atoms with Crippen LogP contribution < -0.4 is 5.32 Å². The van der Waals surface area contributed by atoms with Gasteiger partial charge in [0.05, 0.1) is 17.3 Å². The fourth-order valence-corrected chi connectivity index (χ4v) is 1.70. The monoisotopic (exact) mass is 315 g/mol. The van der Waals surface area contributed by atoms with E-state index in [9.17, 15) is 13.6 Å². The van der Waals surface area contributed by atoms with Crippen molar-refractivity contribution < 1.29 is 18.4 Å². The van der Waals surface area contributed by atoms with Crippen molar-refractivity contribution in [2.75, 3.05) is 5.32 Å². The molecule has 2 aromatic rings. The van der Waals surface area contributed by atoms with E-state index in [1.54, 1.807) is 24.3 Å². The summed E-state index contributed by atoms with van der Waals surface area (Å²) in [4.78, 5) is 16.5. The average molecular weight is 315 g/mol. The van der Waals surface area contributed by atoms with Gasteiger partial charge in [0.1, 0.15) is 24.5 Å². The molecule has 0 unspecified atom stereocenters. The van der Waals surface area contributed by atoms with Gasteiger partial charge >= 0.3 is 0 Å². The molecule has 0 bridgehead atoms. The predicted octanol–water partition coefficient (Wildman–Crippen LogP) is 2.98.